The van der Waals surface area contributed by atoms with Gasteiger partial charge >= 0.3 is 0 Å². The largest absolute Gasteiger partial charge is 0.296 e. The topological polar surface area (TPSA) is 101 Å². The van der Waals surface area contributed by atoms with E-state index in [1.54, 1.807) is 36.4 Å². The van der Waals surface area contributed by atoms with Gasteiger partial charge in [-0.2, -0.15) is 8.42 Å². The van der Waals surface area contributed by atoms with E-state index in [-0.39, 0.29) is 15.4 Å². The number of benzene rings is 2. The van der Waals surface area contributed by atoms with Crippen LogP contribution in [0.1, 0.15) is 15.9 Å². The number of nitrogens with one attached hydrogen (secondary N) is 2. The molecule has 0 aliphatic heterocycles. The molecule has 1 heterocycles. The second-order valence-electron chi connectivity index (χ2n) is 5.53. The molecular weight excluding hydrogens is 404 g/mol. The van der Waals surface area contributed by atoms with Crippen molar-refractivity contribution >= 4 is 49.8 Å². The number of amides is 1. The normalized spacial score (nSPS) is 11.2. The highest BCUT2D eigenvalue weighted by atomic mass is 32.2. The van der Waals surface area contributed by atoms with Crippen LogP contribution in [0.2, 0.25) is 0 Å². The first-order valence-corrected chi connectivity index (χ1v) is 11.3. The van der Waals surface area contributed by atoms with Crippen molar-refractivity contribution in [3.05, 3.63) is 59.7 Å². The predicted octanol–water partition coefficient (Wildman–Crippen LogP) is 3.62. The Labute approximate surface area is 165 Å². The van der Waals surface area contributed by atoms with Crippen molar-refractivity contribution in [1.82, 2.24) is 10.2 Å². The van der Waals surface area contributed by atoms with E-state index in [0.717, 1.165) is 21.8 Å². The van der Waals surface area contributed by atoms with E-state index in [0.29, 0.717) is 11.3 Å². The third kappa shape index (κ3) is 4.85. The number of hydrogen-bond acceptors (Lipinski definition) is 7. The molecule has 10 heteroatoms. The van der Waals surface area contributed by atoms with Crippen LogP contribution in [0.5, 0.6) is 0 Å². The first-order chi connectivity index (χ1) is 12.9. The van der Waals surface area contributed by atoms with Gasteiger partial charge in [0.1, 0.15) is 0 Å². The molecule has 0 saturated carbocycles. The lowest BCUT2D eigenvalue weighted by atomic mass is 10.1. The minimum atomic E-state index is -3.89. The number of nitrogens with zero attached hydrogens (tertiary/aromatic N) is 2. The number of carbonyl (C=O) groups excluding carboxylic acids is 1. The van der Waals surface area contributed by atoms with Gasteiger partial charge in [-0.3, -0.25) is 14.8 Å². The summed E-state index contributed by atoms with van der Waals surface area (Å²) in [6.45, 7) is 1.88. The molecular formula is C17H16N4O3S3. The number of aromatic nitrogens is 2. The first-order valence-electron chi connectivity index (χ1n) is 7.76. The molecule has 1 aromatic heterocycles. The van der Waals surface area contributed by atoms with E-state index >= 15 is 0 Å². The lowest BCUT2D eigenvalue weighted by Gasteiger charge is -2.06. The molecule has 0 fully saturated rings. The van der Waals surface area contributed by atoms with Gasteiger partial charge in [-0.15, -0.1) is 22.0 Å². The standard InChI is InChI=1S/C17H16N4O3S3/c1-11-5-3-6-12(9-11)15(22)18-16-19-20-17(26-16)27(23,24)21-13-7-4-8-14(10-13)25-2/h3-10,21H,1-2H3,(H,18,19,22). The van der Waals surface area contributed by atoms with Gasteiger partial charge in [0.05, 0.1) is 5.69 Å². The minimum Gasteiger partial charge on any atom is -0.296 e. The zero-order valence-electron chi connectivity index (χ0n) is 14.5. The van der Waals surface area contributed by atoms with Crippen LogP contribution in [0.4, 0.5) is 10.8 Å². The molecule has 0 bridgehead atoms. The predicted molar refractivity (Wildman–Crippen MR) is 108 cm³/mol. The Morgan fingerprint density at radius 1 is 1.11 bits per heavy atom. The third-order valence-corrected chi connectivity index (χ3v) is 6.77. The average molecular weight is 421 g/mol. The van der Waals surface area contributed by atoms with Crippen LogP contribution in [0.15, 0.2) is 57.8 Å². The maximum absolute atomic E-state index is 12.5. The van der Waals surface area contributed by atoms with E-state index in [2.05, 4.69) is 20.2 Å². The number of sulfonamides is 1. The highest BCUT2D eigenvalue weighted by Crippen LogP contribution is 2.25. The van der Waals surface area contributed by atoms with Gasteiger partial charge in [0.25, 0.3) is 20.3 Å². The van der Waals surface area contributed by atoms with E-state index in [1.165, 1.54) is 11.8 Å². The molecule has 3 aromatic rings. The van der Waals surface area contributed by atoms with Gasteiger partial charge in [0.15, 0.2) is 0 Å². The lowest BCUT2D eigenvalue weighted by Crippen LogP contribution is -2.12. The number of hydrogen-bond donors (Lipinski definition) is 2. The van der Waals surface area contributed by atoms with Crippen molar-refractivity contribution < 1.29 is 13.2 Å². The van der Waals surface area contributed by atoms with E-state index in [1.807, 2.05) is 25.3 Å². The summed E-state index contributed by atoms with van der Waals surface area (Å²) < 4.78 is 27.2. The summed E-state index contributed by atoms with van der Waals surface area (Å²) in [4.78, 5) is 13.2. The average Bonchev–Trinajstić information content (AvgIpc) is 3.11. The summed E-state index contributed by atoms with van der Waals surface area (Å²) >= 11 is 2.29. The molecule has 1 amide bonds. The van der Waals surface area contributed by atoms with Crippen molar-refractivity contribution in [2.75, 3.05) is 16.3 Å². The molecule has 0 radical (unpaired) electrons. The quantitative estimate of drug-likeness (QED) is 0.467. The van der Waals surface area contributed by atoms with Gasteiger partial charge in [-0.1, -0.05) is 35.1 Å². The number of rotatable bonds is 6. The van der Waals surface area contributed by atoms with Crippen molar-refractivity contribution in [3.63, 3.8) is 0 Å². The Bertz CT molecular complexity index is 1080. The van der Waals surface area contributed by atoms with Crippen molar-refractivity contribution in [3.8, 4) is 0 Å². The number of anilines is 2. The van der Waals surface area contributed by atoms with Crippen LogP contribution in [0, 0.1) is 6.92 Å². The molecule has 0 aliphatic carbocycles. The fraction of sp³-hybridized carbons (Fsp3) is 0.118. The molecule has 27 heavy (non-hydrogen) atoms. The Kier molecular flexibility index (Phi) is 5.78. The van der Waals surface area contributed by atoms with E-state index in [4.69, 9.17) is 0 Å². The third-order valence-electron chi connectivity index (χ3n) is 3.46. The van der Waals surface area contributed by atoms with E-state index in [9.17, 15) is 13.2 Å². The summed E-state index contributed by atoms with van der Waals surface area (Å²) in [5.74, 6) is -0.376. The lowest BCUT2D eigenvalue weighted by molar-refractivity contribution is 0.102. The maximum Gasteiger partial charge on any atom is 0.291 e. The molecule has 3 rings (SSSR count). The van der Waals surface area contributed by atoms with Crippen LogP contribution in [0.25, 0.3) is 0 Å². The van der Waals surface area contributed by atoms with Crippen LogP contribution in [0.3, 0.4) is 0 Å². The van der Waals surface area contributed by atoms with Gasteiger partial charge in [-0.25, -0.2) is 0 Å². The van der Waals surface area contributed by atoms with Gasteiger partial charge in [0, 0.05) is 10.5 Å². The van der Waals surface area contributed by atoms with Crippen LogP contribution < -0.4 is 10.0 Å². The monoisotopic (exact) mass is 420 g/mol. The molecule has 2 aromatic carbocycles. The summed E-state index contributed by atoms with van der Waals surface area (Å²) in [6.07, 6.45) is 1.90. The van der Waals surface area contributed by atoms with Crippen LogP contribution >= 0.6 is 23.1 Å². The fourth-order valence-electron chi connectivity index (χ4n) is 2.21. The summed E-state index contributed by atoms with van der Waals surface area (Å²) in [7, 11) is -3.89. The molecule has 0 saturated heterocycles. The Balaban J connectivity index is 1.75. The minimum absolute atomic E-state index is 0.111. The van der Waals surface area contributed by atoms with Gasteiger partial charge in [0.2, 0.25) is 5.13 Å². The zero-order chi connectivity index (χ0) is 19.4. The highest BCUT2D eigenvalue weighted by molar-refractivity contribution is 7.98. The molecule has 7 nitrogen and oxygen atoms in total. The Morgan fingerprint density at radius 3 is 2.63 bits per heavy atom. The number of thioether (sulfide) groups is 1. The fourth-order valence-corrected chi connectivity index (χ4v) is 4.62. The molecule has 0 unspecified atom stereocenters. The number of aryl methyl sites for hydroxylation is 1. The second-order valence-corrected chi connectivity index (χ2v) is 9.25. The Hall–Kier alpha value is -2.43. The van der Waals surface area contributed by atoms with Crippen LogP contribution in [-0.2, 0) is 10.0 Å². The maximum atomic E-state index is 12.5. The molecule has 0 spiro atoms. The number of carbonyl (C=O) groups is 1. The summed E-state index contributed by atoms with van der Waals surface area (Å²) in [6, 6.07) is 14.1. The van der Waals surface area contributed by atoms with Gasteiger partial charge < -0.3 is 0 Å². The zero-order valence-corrected chi connectivity index (χ0v) is 16.9. The van der Waals surface area contributed by atoms with Gasteiger partial charge in [-0.05, 0) is 43.5 Å². The molecule has 140 valence electrons. The van der Waals surface area contributed by atoms with E-state index < -0.39 is 10.0 Å². The van der Waals surface area contributed by atoms with Crippen molar-refractivity contribution in [2.45, 2.75) is 16.2 Å². The molecule has 2 N–H and O–H groups in total. The summed E-state index contributed by atoms with van der Waals surface area (Å²) in [5, 5.41) is 10.1. The molecule has 0 atom stereocenters. The van der Waals surface area contributed by atoms with Crippen molar-refractivity contribution in [2.24, 2.45) is 0 Å². The Morgan fingerprint density at radius 2 is 1.89 bits per heavy atom. The molecule has 0 aliphatic rings. The summed E-state index contributed by atoms with van der Waals surface area (Å²) in [5.41, 5.74) is 1.84. The smallest absolute Gasteiger partial charge is 0.291 e. The van der Waals surface area contributed by atoms with Crippen LogP contribution in [-0.4, -0.2) is 30.8 Å². The SMILES string of the molecule is CSc1cccc(NS(=O)(=O)c2nnc(NC(=O)c3cccc(C)c3)s2)c1. The highest BCUT2D eigenvalue weighted by Gasteiger charge is 2.21. The first kappa shape index (κ1) is 19.3. The second kappa shape index (κ2) is 8.07. The van der Waals surface area contributed by atoms with Crippen molar-refractivity contribution in [1.29, 1.82) is 0 Å².